The summed E-state index contributed by atoms with van der Waals surface area (Å²) in [6, 6.07) is 11.7. The summed E-state index contributed by atoms with van der Waals surface area (Å²) in [4.78, 5) is 12.5. The van der Waals surface area contributed by atoms with Gasteiger partial charge in [0.25, 0.3) is 0 Å². The van der Waals surface area contributed by atoms with Gasteiger partial charge in [0.1, 0.15) is 12.1 Å². The second-order valence-electron chi connectivity index (χ2n) is 3.71. The molecule has 2 heterocycles. The van der Waals surface area contributed by atoms with Crippen molar-refractivity contribution in [1.82, 2.24) is 15.0 Å². The maximum Gasteiger partial charge on any atom is 0.127 e. The number of hydrogen-bond donors (Lipinski definition) is 1. The van der Waals surface area contributed by atoms with Crippen LogP contribution in [0.5, 0.6) is 0 Å². The largest absolute Gasteiger partial charge is 0.384 e. The van der Waals surface area contributed by atoms with Gasteiger partial charge in [0.05, 0.1) is 11.2 Å². The van der Waals surface area contributed by atoms with Gasteiger partial charge in [-0.25, -0.2) is 9.97 Å². The Morgan fingerprint density at radius 2 is 1.82 bits per heavy atom. The number of fused-ring (bicyclic) bond motifs is 1. The number of rotatable bonds is 1. The number of hydrogen-bond acceptors (Lipinski definition) is 4. The van der Waals surface area contributed by atoms with E-state index in [1.807, 2.05) is 30.3 Å². The number of nitrogens with zero attached hydrogens (tertiary/aromatic N) is 3. The SMILES string of the molecule is Nc1cc(-c2cccc3cccnc23)ncn1. The van der Waals surface area contributed by atoms with Crippen molar-refractivity contribution in [2.45, 2.75) is 0 Å². The van der Waals surface area contributed by atoms with Crippen molar-refractivity contribution in [3.8, 4) is 11.3 Å². The molecule has 0 bridgehead atoms. The monoisotopic (exact) mass is 222 g/mol. The number of pyridine rings is 1. The molecule has 1 aromatic carbocycles. The second-order valence-corrected chi connectivity index (χ2v) is 3.71. The first-order valence-electron chi connectivity index (χ1n) is 5.26. The Bertz CT molecular complexity index is 674. The van der Waals surface area contributed by atoms with Gasteiger partial charge >= 0.3 is 0 Å². The Labute approximate surface area is 98.2 Å². The lowest BCUT2D eigenvalue weighted by Gasteiger charge is -2.04. The van der Waals surface area contributed by atoms with Crippen LogP contribution in [0.4, 0.5) is 5.82 Å². The molecule has 2 aromatic heterocycles. The zero-order valence-electron chi connectivity index (χ0n) is 9.04. The zero-order chi connectivity index (χ0) is 11.7. The van der Waals surface area contributed by atoms with Crippen LogP contribution in [0.25, 0.3) is 22.2 Å². The van der Waals surface area contributed by atoms with Crippen LogP contribution in [0, 0.1) is 0 Å². The molecule has 0 unspecified atom stereocenters. The van der Waals surface area contributed by atoms with Crippen LogP contribution in [-0.4, -0.2) is 15.0 Å². The van der Waals surface area contributed by atoms with Crippen molar-refractivity contribution in [3.05, 3.63) is 48.9 Å². The van der Waals surface area contributed by atoms with Gasteiger partial charge in [-0.15, -0.1) is 0 Å². The van der Waals surface area contributed by atoms with Gasteiger partial charge in [0, 0.05) is 23.2 Å². The predicted molar refractivity (Wildman–Crippen MR) is 67.2 cm³/mol. The molecule has 0 atom stereocenters. The predicted octanol–water partition coefficient (Wildman–Crippen LogP) is 2.27. The van der Waals surface area contributed by atoms with E-state index >= 15 is 0 Å². The van der Waals surface area contributed by atoms with Gasteiger partial charge in [-0.05, 0) is 6.07 Å². The van der Waals surface area contributed by atoms with E-state index in [2.05, 4.69) is 15.0 Å². The van der Waals surface area contributed by atoms with Crippen LogP contribution >= 0.6 is 0 Å². The van der Waals surface area contributed by atoms with E-state index in [1.54, 1.807) is 12.3 Å². The molecule has 3 rings (SSSR count). The molecule has 0 radical (unpaired) electrons. The van der Waals surface area contributed by atoms with E-state index in [-0.39, 0.29) is 0 Å². The van der Waals surface area contributed by atoms with Crippen LogP contribution in [0.1, 0.15) is 0 Å². The zero-order valence-corrected chi connectivity index (χ0v) is 9.04. The second kappa shape index (κ2) is 3.83. The number of benzene rings is 1. The summed E-state index contributed by atoms with van der Waals surface area (Å²) in [6.45, 7) is 0. The summed E-state index contributed by atoms with van der Waals surface area (Å²) >= 11 is 0. The lowest BCUT2D eigenvalue weighted by atomic mass is 10.1. The summed E-state index contributed by atoms with van der Waals surface area (Å²) in [5.41, 5.74) is 8.36. The Balaban J connectivity index is 2.30. The molecule has 17 heavy (non-hydrogen) atoms. The third kappa shape index (κ3) is 1.69. The molecule has 0 aliphatic rings. The van der Waals surface area contributed by atoms with Gasteiger partial charge in [-0.1, -0.05) is 24.3 Å². The number of nitrogens with two attached hydrogens (primary N) is 1. The van der Waals surface area contributed by atoms with Crippen LogP contribution < -0.4 is 5.73 Å². The quantitative estimate of drug-likeness (QED) is 0.686. The first-order valence-corrected chi connectivity index (χ1v) is 5.26. The Morgan fingerprint density at radius 1 is 0.941 bits per heavy atom. The standard InChI is InChI=1S/C13H10N4/c14-12-7-11(16-8-17-12)10-5-1-3-9-4-2-6-15-13(9)10/h1-8H,(H2,14,16,17). The van der Waals surface area contributed by atoms with Crippen LogP contribution in [0.3, 0.4) is 0 Å². The summed E-state index contributed by atoms with van der Waals surface area (Å²) < 4.78 is 0. The highest BCUT2D eigenvalue weighted by Gasteiger charge is 2.05. The third-order valence-corrected chi connectivity index (χ3v) is 2.60. The molecule has 0 aliphatic heterocycles. The topological polar surface area (TPSA) is 64.7 Å². The van der Waals surface area contributed by atoms with Crippen molar-refractivity contribution < 1.29 is 0 Å². The fraction of sp³-hybridized carbons (Fsp3) is 0. The van der Waals surface area contributed by atoms with Gasteiger partial charge < -0.3 is 5.73 Å². The maximum atomic E-state index is 5.67. The van der Waals surface area contributed by atoms with Crippen molar-refractivity contribution in [2.75, 3.05) is 5.73 Å². The first kappa shape index (κ1) is 9.72. The molecule has 2 N–H and O–H groups in total. The fourth-order valence-corrected chi connectivity index (χ4v) is 1.83. The molecule has 4 heteroatoms. The number of nitrogen functional groups attached to an aromatic ring is 1. The van der Waals surface area contributed by atoms with Gasteiger partial charge in [0.2, 0.25) is 0 Å². The van der Waals surface area contributed by atoms with E-state index in [1.165, 1.54) is 6.33 Å². The first-order chi connectivity index (χ1) is 8.34. The summed E-state index contributed by atoms with van der Waals surface area (Å²) in [5, 5.41) is 1.09. The Morgan fingerprint density at radius 3 is 2.71 bits per heavy atom. The van der Waals surface area contributed by atoms with E-state index in [9.17, 15) is 0 Å². The smallest absolute Gasteiger partial charge is 0.127 e. The van der Waals surface area contributed by atoms with Crippen LogP contribution in [0.15, 0.2) is 48.9 Å². The van der Waals surface area contributed by atoms with Gasteiger partial charge in [-0.2, -0.15) is 0 Å². The minimum atomic E-state index is 0.461. The number of para-hydroxylation sites is 1. The van der Waals surface area contributed by atoms with Crippen molar-refractivity contribution in [1.29, 1.82) is 0 Å². The lowest BCUT2D eigenvalue weighted by molar-refractivity contribution is 1.18. The summed E-state index contributed by atoms with van der Waals surface area (Å²) in [5.74, 6) is 0.461. The molecular formula is C13H10N4. The Hall–Kier alpha value is -2.49. The number of aromatic nitrogens is 3. The minimum absolute atomic E-state index is 0.461. The average Bonchev–Trinajstić information content (AvgIpc) is 2.38. The highest BCUT2D eigenvalue weighted by molar-refractivity contribution is 5.92. The number of anilines is 1. The third-order valence-electron chi connectivity index (χ3n) is 2.60. The molecule has 0 saturated carbocycles. The Kier molecular flexibility index (Phi) is 2.19. The van der Waals surface area contributed by atoms with Crippen LogP contribution in [0.2, 0.25) is 0 Å². The molecule has 0 amide bonds. The molecule has 0 saturated heterocycles. The normalized spacial score (nSPS) is 10.6. The molecule has 4 nitrogen and oxygen atoms in total. The lowest BCUT2D eigenvalue weighted by Crippen LogP contribution is -1.93. The van der Waals surface area contributed by atoms with Crippen molar-refractivity contribution in [3.63, 3.8) is 0 Å². The molecular weight excluding hydrogens is 212 g/mol. The molecule has 0 aliphatic carbocycles. The van der Waals surface area contributed by atoms with Crippen LogP contribution in [-0.2, 0) is 0 Å². The maximum absolute atomic E-state index is 5.67. The average molecular weight is 222 g/mol. The van der Waals surface area contributed by atoms with E-state index in [0.29, 0.717) is 5.82 Å². The van der Waals surface area contributed by atoms with Crippen molar-refractivity contribution in [2.24, 2.45) is 0 Å². The van der Waals surface area contributed by atoms with E-state index in [4.69, 9.17) is 5.73 Å². The highest BCUT2D eigenvalue weighted by atomic mass is 14.9. The van der Waals surface area contributed by atoms with E-state index in [0.717, 1.165) is 22.2 Å². The van der Waals surface area contributed by atoms with E-state index < -0.39 is 0 Å². The molecule has 3 aromatic rings. The molecule has 82 valence electrons. The van der Waals surface area contributed by atoms with Crippen molar-refractivity contribution >= 4 is 16.7 Å². The summed E-state index contributed by atoms with van der Waals surface area (Å²) in [6.07, 6.45) is 3.24. The highest BCUT2D eigenvalue weighted by Crippen LogP contribution is 2.25. The van der Waals surface area contributed by atoms with Gasteiger partial charge in [0.15, 0.2) is 0 Å². The molecule has 0 spiro atoms. The van der Waals surface area contributed by atoms with Gasteiger partial charge in [-0.3, -0.25) is 4.98 Å². The summed E-state index contributed by atoms with van der Waals surface area (Å²) in [7, 11) is 0. The minimum Gasteiger partial charge on any atom is -0.384 e. The molecule has 0 fully saturated rings. The fourth-order valence-electron chi connectivity index (χ4n) is 1.83.